The summed E-state index contributed by atoms with van der Waals surface area (Å²) >= 11 is 1.51. The molecule has 0 atom stereocenters. The molecule has 0 N–H and O–H groups in total. The lowest BCUT2D eigenvalue weighted by atomic mass is 10.2. The Morgan fingerprint density at radius 1 is 1.50 bits per heavy atom. The molecule has 0 saturated heterocycles. The van der Waals surface area contributed by atoms with E-state index < -0.39 is 0 Å². The van der Waals surface area contributed by atoms with Gasteiger partial charge in [0.1, 0.15) is 0 Å². The molecule has 1 fully saturated rings. The van der Waals surface area contributed by atoms with Crippen LogP contribution in [0.15, 0.2) is 22.4 Å². The molecule has 0 unspecified atom stereocenters. The largest absolute Gasteiger partial charge is 0.298 e. The van der Waals surface area contributed by atoms with Crippen LogP contribution in [0.25, 0.3) is 4.96 Å². The molecule has 2 heterocycles. The molecule has 0 aromatic carbocycles. The van der Waals surface area contributed by atoms with E-state index in [-0.39, 0.29) is 5.56 Å². The first-order valence-corrected chi connectivity index (χ1v) is 7.28. The van der Waals surface area contributed by atoms with Gasteiger partial charge in [-0.25, -0.2) is 4.98 Å². The average molecular weight is 263 g/mol. The SMILES string of the molecule is CN(Cc1cc(=O)n2ccsc2n1)C1CCCC1. The minimum atomic E-state index is 0.0241. The second kappa shape index (κ2) is 4.82. The van der Waals surface area contributed by atoms with Crippen LogP contribution in [0, 0.1) is 0 Å². The normalized spacial score (nSPS) is 17.0. The van der Waals surface area contributed by atoms with E-state index >= 15 is 0 Å². The minimum absolute atomic E-state index is 0.0241. The number of thiazole rings is 1. The van der Waals surface area contributed by atoms with Crippen molar-refractivity contribution < 1.29 is 0 Å². The summed E-state index contributed by atoms with van der Waals surface area (Å²) in [5.74, 6) is 0. The van der Waals surface area contributed by atoms with E-state index in [2.05, 4.69) is 16.9 Å². The lowest BCUT2D eigenvalue weighted by Crippen LogP contribution is -2.29. The lowest BCUT2D eigenvalue weighted by molar-refractivity contribution is 0.235. The van der Waals surface area contributed by atoms with E-state index in [0.29, 0.717) is 6.04 Å². The van der Waals surface area contributed by atoms with Gasteiger partial charge in [-0.1, -0.05) is 12.8 Å². The molecule has 18 heavy (non-hydrogen) atoms. The highest BCUT2D eigenvalue weighted by Crippen LogP contribution is 2.23. The maximum atomic E-state index is 11.9. The summed E-state index contributed by atoms with van der Waals surface area (Å²) in [7, 11) is 2.13. The number of fused-ring (bicyclic) bond motifs is 1. The van der Waals surface area contributed by atoms with E-state index in [1.165, 1.54) is 37.0 Å². The van der Waals surface area contributed by atoms with E-state index in [4.69, 9.17) is 0 Å². The van der Waals surface area contributed by atoms with Gasteiger partial charge in [0.15, 0.2) is 4.96 Å². The Labute approximate surface area is 110 Å². The van der Waals surface area contributed by atoms with Crippen LogP contribution >= 0.6 is 11.3 Å². The standard InChI is InChI=1S/C13H17N3OS/c1-15(11-4-2-3-5-11)9-10-8-12(17)16-6-7-18-13(16)14-10/h6-8,11H,2-5,9H2,1H3. The highest BCUT2D eigenvalue weighted by molar-refractivity contribution is 7.15. The van der Waals surface area contributed by atoms with Crippen molar-refractivity contribution >= 4 is 16.3 Å². The molecule has 1 aliphatic rings. The summed E-state index contributed by atoms with van der Waals surface area (Å²) in [4.78, 5) is 19.5. The van der Waals surface area contributed by atoms with Gasteiger partial charge in [-0.15, -0.1) is 11.3 Å². The molecule has 2 aromatic heterocycles. The summed E-state index contributed by atoms with van der Waals surface area (Å²) in [5, 5.41) is 1.90. The summed E-state index contributed by atoms with van der Waals surface area (Å²) in [6.07, 6.45) is 6.98. The van der Waals surface area contributed by atoms with Crippen molar-refractivity contribution in [1.82, 2.24) is 14.3 Å². The van der Waals surface area contributed by atoms with Crippen LogP contribution in [0.5, 0.6) is 0 Å². The molecule has 96 valence electrons. The van der Waals surface area contributed by atoms with Gasteiger partial charge in [0, 0.05) is 30.2 Å². The lowest BCUT2D eigenvalue weighted by Gasteiger charge is -2.23. The third-order valence-electron chi connectivity index (χ3n) is 3.72. The number of hydrogen-bond donors (Lipinski definition) is 0. The van der Waals surface area contributed by atoms with Gasteiger partial charge >= 0.3 is 0 Å². The Morgan fingerprint density at radius 2 is 2.28 bits per heavy atom. The molecule has 0 aliphatic heterocycles. The molecule has 3 rings (SSSR count). The maximum absolute atomic E-state index is 11.9. The summed E-state index contributed by atoms with van der Waals surface area (Å²) in [6.45, 7) is 0.772. The van der Waals surface area contributed by atoms with E-state index in [1.807, 2.05) is 5.38 Å². The van der Waals surface area contributed by atoms with Crippen molar-refractivity contribution in [2.75, 3.05) is 7.05 Å². The monoisotopic (exact) mass is 263 g/mol. The first-order valence-electron chi connectivity index (χ1n) is 6.40. The summed E-state index contributed by atoms with van der Waals surface area (Å²) < 4.78 is 1.60. The number of nitrogens with zero attached hydrogens (tertiary/aromatic N) is 3. The van der Waals surface area contributed by atoms with Crippen LogP contribution in [-0.4, -0.2) is 27.4 Å². The van der Waals surface area contributed by atoms with Gasteiger partial charge in [0.2, 0.25) is 0 Å². The molecule has 0 radical (unpaired) electrons. The third kappa shape index (κ3) is 2.20. The second-order valence-corrected chi connectivity index (χ2v) is 5.87. The zero-order valence-electron chi connectivity index (χ0n) is 10.5. The summed E-state index contributed by atoms with van der Waals surface area (Å²) in [6, 6.07) is 2.32. The first kappa shape index (κ1) is 11.9. The Balaban J connectivity index is 1.83. The van der Waals surface area contributed by atoms with Gasteiger partial charge in [0.05, 0.1) is 5.69 Å². The Morgan fingerprint density at radius 3 is 3.06 bits per heavy atom. The van der Waals surface area contributed by atoms with Crippen LogP contribution in [-0.2, 0) is 6.54 Å². The van der Waals surface area contributed by atoms with E-state index in [9.17, 15) is 4.79 Å². The molecular weight excluding hydrogens is 246 g/mol. The molecule has 0 bridgehead atoms. The Kier molecular flexibility index (Phi) is 3.18. The van der Waals surface area contributed by atoms with Gasteiger partial charge in [0.25, 0.3) is 5.56 Å². The third-order valence-corrected chi connectivity index (χ3v) is 4.47. The fourth-order valence-corrected chi connectivity index (χ4v) is 3.44. The van der Waals surface area contributed by atoms with E-state index in [1.54, 1.807) is 16.7 Å². The minimum Gasteiger partial charge on any atom is -0.298 e. The zero-order chi connectivity index (χ0) is 12.5. The summed E-state index contributed by atoms with van der Waals surface area (Å²) in [5.41, 5.74) is 0.910. The molecule has 0 spiro atoms. The topological polar surface area (TPSA) is 37.6 Å². The van der Waals surface area contributed by atoms with Crippen LogP contribution in [0.1, 0.15) is 31.4 Å². The fourth-order valence-electron chi connectivity index (χ4n) is 2.70. The van der Waals surface area contributed by atoms with Crippen LogP contribution < -0.4 is 5.56 Å². The van der Waals surface area contributed by atoms with Crippen LogP contribution in [0.4, 0.5) is 0 Å². The Bertz CT molecular complexity index is 598. The van der Waals surface area contributed by atoms with Gasteiger partial charge in [-0.05, 0) is 19.9 Å². The molecule has 0 amide bonds. The second-order valence-electron chi connectivity index (χ2n) is 4.99. The predicted molar refractivity (Wildman–Crippen MR) is 73.1 cm³/mol. The highest BCUT2D eigenvalue weighted by atomic mass is 32.1. The molecule has 2 aromatic rings. The number of aromatic nitrogens is 2. The van der Waals surface area contributed by atoms with Crippen molar-refractivity contribution in [2.45, 2.75) is 38.3 Å². The van der Waals surface area contributed by atoms with Crippen molar-refractivity contribution in [3.63, 3.8) is 0 Å². The van der Waals surface area contributed by atoms with Crippen LogP contribution in [0.3, 0.4) is 0 Å². The molecule has 1 aliphatic carbocycles. The first-order chi connectivity index (χ1) is 8.74. The predicted octanol–water partition coefficient (Wildman–Crippen LogP) is 2.13. The van der Waals surface area contributed by atoms with Gasteiger partial charge < -0.3 is 0 Å². The molecule has 5 heteroatoms. The number of rotatable bonds is 3. The van der Waals surface area contributed by atoms with Crippen molar-refractivity contribution in [2.24, 2.45) is 0 Å². The number of hydrogen-bond acceptors (Lipinski definition) is 4. The highest BCUT2D eigenvalue weighted by Gasteiger charge is 2.20. The van der Waals surface area contributed by atoms with Crippen molar-refractivity contribution in [3.05, 3.63) is 33.7 Å². The Hall–Kier alpha value is -1.20. The van der Waals surface area contributed by atoms with Crippen LogP contribution in [0.2, 0.25) is 0 Å². The van der Waals surface area contributed by atoms with Gasteiger partial charge in [-0.3, -0.25) is 14.1 Å². The fraction of sp³-hybridized carbons (Fsp3) is 0.538. The van der Waals surface area contributed by atoms with Crippen molar-refractivity contribution in [1.29, 1.82) is 0 Å². The maximum Gasteiger partial charge on any atom is 0.258 e. The van der Waals surface area contributed by atoms with Crippen molar-refractivity contribution in [3.8, 4) is 0 Å². The molecule has 1 saturated carbocycles. The average Bonchev–Trinajstić information content (AvgIpc) is 2.99. The molecular formula is C13H17N3OS. The zero-order valence-corrected chi connectivity index (χ0v) is 11.3. The molecule has 4 nitrogen and oxygen atoms in total. The van der Waals surface area contributed by atoms with E-state index in [0.717, 1.165) is 17.2 Å². The smallest absolute Gasteiger partial charge is 0.258 e. The quantitative estimate of drug-likeness (QED) is 0.851. The van der Waals surface area contributed by atoms with Gasteiger partial charge in [-0.2, -0.15) is 0 Å².